The third-order valence-electron chi connectivity index (χ3n) is 6.18. The molecule has 8 heteroatoms. The van der Waals surface area contributed by atoms with Crippen LogP contribution in [0.4, 0.5) is 5.69 Å². The van der Waals surface area contributed by atoms with E-state index in [4.69, 9.17) is 0 Å². The monoisotopic (exact) mass is 398 g/mol. The molecule has 2 aliphatic heterocycles. The third kappa shape index (κ3) is 3.53. The molecule has 1 saturated heterocycles. The maximum Gasteiger partial charge on any atom is 0.262 e. The molecule has 8 nitrogen and oxygen atoms in total. The number of nitrogens with zero attached hydrogens (tertiary/aromatic N) is 2. The first-order chi connectivity index (χ1) is 13.9. The van der Waals surface area contributed by atoms with Crippen LogP contribution in [0.1, 0.15) is 59.2 Å². The van der Waals surface area contributed by atoms with Gasteiger partial charge in [-0.05, 0) is 51.6 Å². The van der Waals surface area contributed by atoms with E-state index in [1.54, 1.807) is 12.1 Å². The number of benzene rings is 1. The Morgan fingerprint density at radius 2 is 1.72 bits per heavy atom. The van der Waals surface area contributed by atoms with Gasteiger partial charge in [0.1, 0.15) is 6.04 Å². The molecular formula is C21H26N4O4. The van der Waals surface area contributed by atoms with E-state index in [9.17, 15) is 19.2 Å². The van der Waals surface area contributed by atoms with Crippen molar-refractivity contribution in [3.05, 3.63) is 29.3 Å². The van der Waals surface area contributed by atoms with Gasteiger partial charge in [-0.3, -0.25) is 29.4 Å². The van der Waals surface area contributed by atoms with E-state index in [-0.39, 0.29) is 24.8 Å². The molecule has 4 rings (SSSR count). The van der Waals surface area contributed by atoms with Gasteiger partial charge in [-0.1, -0.05) is 12.8 Å². The smallest absolute Gasteiger partial charge is 0.262 e. The van der Waals surface area contributed by atoms with Gasteiger partial charge in [0.05, 0.1) is 11.1 Å². The van der Waals surface area contributed by atoms with Crippen molar-refractivity contribution in [1.82, 2.24) is 15.1 Å². The molecule has 29 heavy (non-hydrogen) atoms. The first kappa shape index (κ1) is 19.6. The van der Waals surface area contributed by atoms with Gasteiger partial charge in [0.25, 0.3) is 11.8 Å². The number of nitrogens with one attached hydrogen (secondary N) is 2. The predicted molar refractivity (Wildman–Crippen MR) is 106 cm³/mol. The van der Waals surface area contributed by atoms with E-state index in [1.165, 1.54) is 6.42 Å². The van der Waals surface area contributed by atoms with Crippen LogP contribution in [0.5, 0.6) is 0 Å². The number of likely N-dealkylation sites (N-methyl/N-ethyl adjacent to an activating group) is 1. The topological polar surface area (TPSA) is 98.8 Å². The summed E-state index contributed by atoms with van der Waals surface area (Å²) in [6.45, 7) is 0. The van der Waals surface area contributed by atoms with E-state index in [0.29, 0.717) is 17.2 Å². The summed E-state index contributed by atoms with van der Waals surface area (Å²) in [5, 5.41) is 5.75. The summed E-state index contributed by atoms with van der Waals surface area (Å²) in [5.74, 6) is -1.92. The molecule has 0 radical (unpaired) electrons. The fraction of sp³-hybridized carbons (Fsp3) is 0.524. The van der Waals surface area contributed by atoms with Crippen molar-refractivity contribution >= 4 is 29.3 Å². The zero-order chi connectivity index (χ0) is 20.7. The summed E-state index contributed by atoms with van der Waals surface area (Å²) in [5.41, 5.74) is 1.41. The van der Waals surface area contributed by atoms with Gasteiger partial charge in [0, 0.05) is 24.2 Å². The summed E-state index contributed by atoms with van der Waals surface area (Å²) in [7, 11) is 4.15. The first-order valence-electron chi connectivity index (χ1n) is 10.2. The largest absolute Gasteiger partial charge is 0.381 e. The van der Waals surface area contributed by atoms with Gasteiger partial charge in [-0.15, -0.1) is 0 Å². The number of hydrogen-bond acceptors (Lipinski definition) is 6. The molecule has 3 atom stereocenters. The molecular weight excluding hydrogens is 372 g/mol. The highest BCUT2D eigenvalue weighted by atomic mass is 16.2. The Kier molecular flexibility index (Phi) is 5.12. The highest BCUT2D eigenvalue weighted by Crippen LogP contribution is 2.31. The molecule has 0 spiro atoms. The first-order valence-corrected chi connectivity index (χ1v) is 10.2. The average Bonchev–Trinajstić information content (AvgIpc) is 2.93. The standard InChI is InChI=1S/C21H26N4O4/c1-24(2)16-6-4-3-5-15(16)22-12-7-8-13-14(11-12)21(29)25(20(13)28)17-9-10-18(26)23-19(17)27/h7-8,11,15-17,22H,3-6,9-10H2,1-2H3,(H,23,26,27). The maximum atomic E-state index is 13.0. The van der Waals surface area contributed by atoms with Gasteiger partial charge in [-0.25, -0.2) is 0 Å². The minimum absolute atomic E-state index is 0.115. The summed E-state index contributed by atoms with van der Waals surface area (Å²) in [4.78, 5) is 52.5. The molecule has 3 aliphatic rings. The van der Waals surface area contributed by atoms with Gasteiger partial charge >= 0.3 is 0 Å². The van der Waals surface area contributed by atoms with E-state index >= 15 is 0 Å². The van der Waals surface area contributed by atoms with Crippen LogP contribution >= 0.6 is 0 Å². The zero-order valence-corrected chi connectivity index (χ0v) is 16.7. The Morgan fingerprint density at radius 1 is 1.00 bits per heavy atom. The zero-order valence-electron chi connectivity index (χ0n) is 16.7. The lowest BCUT2D eigenvalue weighted by Gasteiger charge is -2.37. The normalized spacial score (nSPS) is 27.3. The lowest BCUT2D eigenvalue weighted by Crippen LogP contribution is -2.54. The number of imide groups is 2. The number of carbonyl (C=O) groups is 4. The number of rotatable bonds is 4. The summed E-state index contributed by atoms with van der Waals surface area (Å²) in [6.07, 6.45) is 4.82. The van der Waals surface area contributed by atoms with Crippen molar-refractivity contribution in [2.75, 3.05) is 19.4 Å². The summed E-state index contributed by atoms with van der Waals surface area (Å²) >= 11 is 0. The Hall–Kier alpha value is -2.74. The van der Waals surface area contributed by atoms with Crippen LogP contribution in [0, 0.1) is 0 Å². The number of piperidine rings is 1. The highest BCUT2D eigenvalue weighted by molar-refractivity contribution is 6.23. The Bertz CT molecular complexity index is 881. The van der Waals surface area contributed by atoms with Crippen LogP contribution in [-0.4, -0.2) is 65.6 Å². The van der Waals surface area contributed by atoms with E-state index < -0.39 is 23.8 Å². The SMILES string of the molecule is CN(C)C1CCCCC1Nc1ccc2c(c1)C(=O)N(C1CCC(=O)NC1=O)C2=O. The van der Waals surface area contributed by atoms with Crippen molar-refractivity contribution in [2.45, 2.75) is 56.7 Å². The Balaban J connectivity index is 1.55. The molecule has 1 aromatic rings. The van der Waals surface area contributed by atoms with Crippen LogP contribution in [0.25, 0.3) is 0 Å². The Labute approximate surface area is 169 Å². The maximum absolute atomic E-state index is 13.0. The molecule has 3 unspecified atom stereocenters. The van der Waals surface area contributed by atoms with Gasteiger partial charge in [-0.2, -0.15) is 0 Å². The second kappa shape index (κ2) is 7.59. The van der Waals surface area contributed by atoms with Crippen LogP contribution in [0.2, 0.25) is 0 Å². The summed E-state index contributed by atoms with van der Waals surface area (Å²) < 4.78 is 0. The second-order valence-corrected chi connectivity index (χ2v) is 8.27. The van der Waals surface area contributed by atoms with Crippen molar-refractivity contribution in [2.24, 2.45) is 0 Å². The van der Waals surface area contributed by atoms with E-state index in [0.717, 1.165) is 29.8 Å². The number of carbonyl (C=O) groups excluding carboxylic acids is 4. The van der Waals surface area contributed by atoms with Crippen molar-refractivity contribution in [3.63, 3.8) is 0 Å². The molecule has 1 aliphatic carbocycles. The van der Waals surface area contributed by atoms with E-state index in [1.807, 2.05) is 6.07 Å². The van der Waals surface area contributed by atoms with Gasteiger partial charge in [0.15, 0.2) is 0 Å². The molecule has 1 aromatic carbocycles. The Morgan fingerprint density at radius 3 is 2.45 bits per heavy atom. The molecule has 0 aromatic heterocycles. The van der Waals surface area contributed by atoms with Crippen LogP contribution < -0.4 is 10.6 Å². The quantitative estimate of drug-likeness (QED) is 0.744. The molecule has 1 saturated carbocycles. The highest BCUT2D eigenvalue weighted by Gasteiger charge is 2.44. The van der Waals surface area contributed by atoms with Crippen molar-refractivity contribution < 1.29 is 19.2 Å². The van der Waals surface area contributed by atoms with Crippen LogP contribution in [0.3, 0.4) is 0 Å². The minimum atomic E-state index is -0.937. The van der Waals surface area contributed by atoms with Crippen LogP contribution in [0.15, 0.2) is 18.2 Å². The molecule has 4 amide bonds. The van der Waals surface area contributed by atoms with Crippen molar-refractivity contribution in [3.8, 4) is 0 Å². The number of hydrogen-bond donors (Lipinski definition) is 2. The summed E-state index contributed by atoms with van der Waals surface area (Å²) in [6, 6.07) is 4.93. The van der Waals surface area contributed by atoms with Gasteiger partial charge < -0.3 is 10.2 Å². The molecule has 2 heterocycles. The lowest BCUT2D eigenvalue weighted by atomic mass is 9.89. The predicted octanol–water partition coefficient (Wildman–Crippen LogP) is 1.37. The number of amides is 4. The second-order valence-electron chi connectivity index (χ2n) is 8.27. The van der Waals surface area contributed by atoms with Crippen molar-refractivity contribution in [1.29, 1.82) is 0 Å². The van der Waals surface area contributed by atoms with E-state index in [2.05, 4.69) is 29.6 Å². The molecule has 0 bridgehead atoms. The minimum Gasteiger partial charge on any atom is -0.381 e. The molecule has 2 fully saturated rings. The third-order valence-corrected chi connectivity index (χ3v) is 6.18. The van der Waals surface area contributed by atoms with Crippen LogP contribution in [-0.2, 0) is 9.59 Å². The average molecular weight is 398 g/mol. The fourth-order valence-corrected chi connectivity index (χ4v) is 4.67. The number of anilines is 1. The number of fused-ring (bicyclic) bond motifs is 1. The molecule has 154 valence electrons. The lowest BCUT2D eigenvalue weighted by molar-refractivity contribution is -0.136. The van der Waals surface area contributed by atoms with Gasteiger partial charge in [0.2, 0.25) is 11.8 Å². The fourth-order valence-electron chi connectivity index (χ4n) is 4.67. The molecule has 2 N–H and O–H groups in total.